The maximum absolute atomic E-state index is 4.80. The van der Waals surface area contributed by atoms with Crippen LogP contribution in [0, 0.1) is 0 Å². The first-order chi connectivity index (χ1) is 11.9. The van der Waals surface area contributed by atoms with Gasteiger partial charge in [-0.25, -0.2) is 4.98 Å². The molecule has 0 amide bonds. The SMILES string of the molecule is c1ccc2cc3c(cc2c1)[nH]c1nc2ccc4ccccc4c2n13. The van der Waals surface area contributed by atoms with Gasteiger partial charge in [-0.2, -0.15) is 0 Å². The van der Waals surface area contributed by atoms with Crippen molar-refractivity contribution >= 4 is 49.4 Å². The third-order valence-corrected chi connectivity index (χ3v) is 4.89. The van der Waals surface area contributed by atoms with Crippen molar-refractivity contribution in [2.45, 2.75) is 0 Å². The van der Waals surface area contributed by atoms with Gasteiger partial charge in [-0.05, 0) is 34.4 Å². The van der Waals surface area contributed by atoms with Gasteiger partial charge in [-0.3, -0.25) is 4.40 Å². The van der Waals surface area contributed by atoms with E-state index < -0.39 is 0 Å². The van der Waals surface area contributed by atoms with E-state index in [0.29, 0.717) is 0 Å². The summed E-state index contributed by atoms with van der Waals surface area (Å²) in [6.07, 6.45) is 0. The van der Waals surface area contributed by atoms with Crippen LogP contribution in [0.15, 0.2) is 72.8 Å². The van der Waals surface area contributed by atoms with Crippen molar-refractivity contribution in [3.8, 4) is 0 Å². The molecule has 0 aliphatic heterocycles. The number of hydrogen-bond acceptors (Lipinski definition) is 1. The van der Waals surface area contributed by atoms with Gasteiger partial charge in [-0.1, -0.05) is 54.6 Å². The Kier molecular flexibility index (Phi) is 2.10. The van der Waals surface area contributed by atoms with Crippen molar-refractivity contribution in [3.05, 3.63) is 72.8 Å². The van der Waals surface area contributed by atoms with E-state index in [2.05, 4.69) is 82.2 Å². The molecule has 0 radical (unpaired) electrons. The van der Waals surface area contributed by atoms with E-state index in [1.54, 1.807) is 0 Å². The van der Waals surface area contributed by atoms with Crippen molar-refractivity contribution in [3.63, 3.8) is 0 Å². The molecular weight excluding hydrogens is 294 g/mol. The average molecular weight is 307 g/mol. The summed E-state index contributed by atoms with van der Waals surface area (Å²) in [7, 11) is 0. The summed E-state index contributed by atoms with van der Waals surface area (Å²) in [5, 5.41) is 4.95. The highest BCUT2D eigenvalue weighted by molar-refractivity contribution is 6.08. The smallest absolute Gasteiger partial charge is 0.213 e. The molecule has 0 atom stereocenters. The standard InChI is InChI=1S/C21H13N3/c1-2-7-15-12-19-18(11-14(15)6-1)23-21-22-17-10-9-13-5-3-4-8-16(13)20(17)24(19)21/h1-12H,(H,22,23). The Bertz CT molecular complexity index is 1400. The van der Waals surface area contributed by atoms with Crippen LogP contribution < -0.4 is 0 Å². The highest BCUT2D eigenvalue weighted by Crippen LogP contribution is 2.31. The molecular formula is C21H13N3. The van der Waals surface area contributed by atoms with E-state index in [0.717, 1.165) is 16.8 Å². The van der Waals surface area contributed by atoms with Gasteiger partial charge in [0.15, 0.2) is 0 Å². The van der Waals surface area contributed by atoms with Gasteiger partial charge in [0.2, 0.25) is 5.78 Å². The van der Waals surface area contributed by atoms with Gasteiger partial charge in [0.1, 0.15) is 0 Å². The lowest BCUT2D eigenvalue weighted by Gasteiger charge is -2.02. The number of nitrogens with one attached hydrogen (secondary N) is 1. The molecule has 0 fully saturated rings. The van der Waals surface area contributed by atoms with Crippen LogP contribution in [-0.4, -0.2) is 14.4 Å². The van der Waals surface area contributed by atoms with Gasteiger partial charge < -0.3 is 4.98 Å². The van der Waals surface area contributed by atoms with Gasteiger partial charge in [-0.15, -0.1) is 0 Å². The Labute approximate surface area is 137 Å². The molecule has 2 heterocycles. The van der Waals surface area contributed by atoms with Crippen LogP contribution in [0.5, 0.6) is 0 Å². The second-order valence-electron chi connectivity index (χ2n) is 6.27. The van der Waals surface area contributed by atoms with Crippen LogP contribution in [-0.2, 0) is 0 Å². The number of imidazole rings is 2. The summed E-state index contributed by atoms with van der Waals surface area (Å²) in [6, 6.07) is 25.6. The number of H-pyrrole nitrogens is 1. The van der Waals surface area contributed by atoms with Crippen molar-refractivity contribution in [1.82, 2.24) is 14.4 Å². The number of aromatic nitrogens is 3. The fraction of sp³-hybridized carbons (Fsp3) is 0. The molecule has 0 spiro atoms. The lowest BCUT2D eigenvalue weighted by molar-refractivity contribution is 1.28. The van der Waals surface area contributed by atoms with E-state index in [9.17, 15) is 0 Å². The van der Waals surface area contributed by atoms with Gasteiger partial charge in [0, 0.05) is 5.39 Å². The lowest BCUT2D eigenvalue weighted by Crippen LogP contribution is -1.83. The van der Waals surface area contributed by atoms with Crippen molar-refractivity contribution in [1.29, 1.82) is 0 Å². The van der Waals surface area contributed by atoms with Crippen molar-refractivity contribution in [2.75, 3.05) is 0 Å². The lowest BCUT2D eigenvalue weighted by atomic mass is 10.1. The van der Waals surface area contributed by atoms with E-state index in [1.807, 2.05) is 0 Å². The molecule has 0 aliphatic rings. The van der Waals surface area contributed by atoms with Gasteiger partial charge in [0.25, 0.3) is 0 Å². The molecule has 2 aromatic heterocycles. The number of fused-ring (bicyclic) bond motifs is 8. The Hall–Kier alpha value is -3.33. The molecule has 0 saturated heterocycles. The summed E-state index contributed by atoms with van der Waals surface area (Å²) >= 11 is 0. The van der Waals surface area contributed by atoms with E-state index in [1.165, 1.54) is 32.6 Å². The van der Waals surface area contributed by atoms with Crippen LogP contribution in [0.4, 0.5) is 0 Å². The van der Waals surface area contributed by atoms with E-state index >= 15 is 0 Å². The summed E-state index contributed by atoms with van der Waals surface area (Å²) in [6.45, 7) is 0. The topological polar surface area (TPSA) is 33.1 Å². The molecule has 4 aromatic carbocycles. The molecule has 0 saturated carbocycles. The second-order valence-corrected chi connectivity index (χ2v) is 6.27. The van der Waals surface area contributed by atoms with Crippen LogP contribution >= 0.6 is 0 Å². The zero-order chi connectivity index (χ0) is 15.7. The quantitative estimate of drug-likeness (QED) is 0.407. The minimum atomic E-state index is 0.895. The maximum atomic E-state index is 4.80. The van der Waals surface area contributed by atoms with Crippen LogP contribution in [0.3, 0.4) is 0 Å². The molecule has 3 heteroatoms. The van der Waals surface area contributed by atoms with Crippen LogP contribution in [0.1, 0.15) is 0 Å². The van der Waals surface area contributed by atoms with Crippen LogP contribution in [0.2, 0.25) is 0 Å². The molecule has 112 valence electrons. The summed E-state index contributed by atoms with van der Waals surface area (Å²) < 4.78 is 2.25. The first kappa shape index (κ1) is 12.1. The molecule has 6 rings (SSSR count). The van der Waals surface area contributed by atoms with E-state index in [-0.39, 0.29) is 0 Å². The molecule has 6 aromatic rings. The Balaban J connectivity index is 1.91. The minimum Gasteiger partial charge on any atom is -0.323 e. The minimum absolute atomic E-state index is 0.895. The molecule has 1 N–H and O–H groups in total. The largest absolute Gasteiger partial charge is 0.323 e. The zero-order valence-corrected chi connectivity index (χ0v) is 12.8. The number of aromatic amines is 1. The zero-order valence-electron chi connectivity index (χ0n) is 12.8. The number of hydrogen-bond donors (Lipinski definition) is 1. The fourth-order valence-corrected chi connectivity index (χ4v) is 3.79. The molecule has 3 nitrogen and oxygen atoms in total. The fourth-order valence-electron chi connectivity index (χ4n) is 3.79. The normalized spacial score (nSPS) is 12.2. The highest BCUT2D eigenvalue weighted by Gasteiger charge is 2.13. The second kappa shape index (κ2) is 4.15. The molecule has 24 heavy (non-hydrogen) atoms. The third-order valence-electron chi connectivity index (χ3n) is 4.89. The molecule has 0 bridgehead atoms. The summed E-state index contributed by atoms with van der Waals surface area (Å²) in [4.78, 5) is 8.28. The first-order valence-corrected chi connectivity index (χ1v) is 8.09. The summed E-state index contributed by atoms with van der Waals surface area (Å²) in [5.74, 6) is 0.895. The molecule has 0 unspecified atom stereocenters. The monoisotopic (exact) mass is 307 g/mol. The summed E-state index contributed by atoms with van der Waals surface area (Å²) in [5.41, 5.74) is 4.48. The van der Waals surface area contributed by atoms with Crippen molar-refractivity contribution in [2.24, 2.45) is 0 Å². The first-order valence-electron chi connectivity index (χ1n) is 8.09. The number of rotatable bonds is 0. The highest BCUT2D eigenvalue weighted by atomic mass is 15.1. The van der Waals surface area contributed by atoms with Gasteiger partial charge in [0.05, 0.1) is 22.1 Å². The molecule has 0 aliphatic carbocycles. The Morgan fingerprint density at radius 3 is 2.38 bits per heavy atom. The third kappa shape index (κ3) is 1.44. The number of benzene rings is 4. The van der Waals surface area contributed by atoms with Gasteiger partial charge >= 0.3 is 0 Å². The number of nitrogens with zero attached hydrogens (tertiary/aromatic N) is 2. The maximum Gasteiger partial charge on any atom is 0.213 e. The predicted molar refractivity (Wildman–Crippen MR) is 99.6 cm³/mol. The predicted octanol–water partition coefficient (Wildman–Crippen LogP) is 5.28. The van der Waals surface area contributed by atoms with E-state index in [4.69, 9.17) is 4.98 Å². The Morgan fingerprint density at radius 1 is 0.750 bits per heavy atom. The van der Waals surface area contributed by atoms with Crippen LogP contribution in [0.25, 0.3) is 49.4 Å². The Morgan fingerprint density at radius 2 is 1.50 bits per heavy atom. The average Bonchev–Trinajstić information content (AvgIpc) is 3.15. The van der Waals surface area contributed by atoms with Crippen molar-refractivity contribution < 1.29 is 0 Å².